The minimum atomic E-state index is -4.41. The number of sulfonamides is 1. The van der Waals surface area contributed by atoms with Crippen LogP contribution in [0.15, 0.2) is 108 Å². The Morgan fingerprint density at radius 2 is 1.24 bits per heavy atom. The van der Waals surface area contributed by atoms with Gasteiger partial charge >= 0.3 is 0 Å². The second kappa shape index (κ2) is 9.78. The largest absolute Gasteiger partial charge is 0.505 e. The summed E-state index contributed by atoms with van der Waals surface area (Å²) in [6.45, 7) is 0. The smallest absolute Gasteiger partial charge is 0.245 e. The van der Waals surface area contributed by atoms with E-state index in [-0.39, 0.29) is 10.0 Å². The van der Waals surface area contributed by atoms with Gasteiger partial charge in [-0.05, 0) is 28.8 Å². The van der Waals surface area contributed by atoms with Gasteiger partial charge < -0.3 is 10.2 Å². The first-order valence-electron chi connectivity index (χ1n) is 10.3. The van der Waals surface area contributed by atoms with Crippen molar-refractivity contribution in [3.05, 3.63) is 130 Å². The molecule has 0 saturated carbocycles. The van der Waals surface area contributed by atoms with E-state index in [1.807, 2.05) is 12.1 Å². The molecule has 5 nitrogen and oxygen atoms in total. The van der Waals surface area contributed by atoms with Crippen LogP contribution in [0.2, 0.25) is 10.0 Å². The Morgan fingerprint density at radius 1 is 0.765 bits per heavy atom. The van der Waals surface area contributed by atoms with Gasteiger partial charge in [-0.25, -0.2) is 8.42 Å². The number of nitrogens with one attached hydrogen (secondary N) is 1. The fourth-order valence-electron chi connectivity index (χ4n) is 3.89. The molecule has 0 saturated heterocycles. The van der Waals surface area contributed by atoms with Gasteiger partial charge in [-0.15, -0.1) is 0 Å². The average Bonchev–Trinajstić information content (AvgIpc) is 2.86. The summed E-state index contributed by atoms with van der Waals surface area (Å²) in [5.74, 6) is -0.631. The van der Waals surface area contributed by atoms with E-state index in [1.165, 1.54) is 6.07 Å². The zero-order chi connectivity index (χ0) is 24.3. The van der Waals surface area contributed by atoms with Crippen molar-refractivity contribution in [3.63, 3.8) is 0 Å². The zero-order valence-electron chi connectivity index (χ0n) is 17.8. The lowest BCUT2D eigenvalue weighted by Crippen LogP contribution is -2.45. The lowest BCUT2D eigenvalue weighted by Gasteiger charge is -2.38. The molecule has 8 heteroatoms. The summed E-state index contributed by atoms with van der Waals surface area (Å²) in [7, 11) is -4.41. The molecule has 0 fully saturated rings. The molecule has 174 valence electrons. The number of halogens is 2. The molecule has 0 bridgehead atoms. The number of phenols is 1. The van der Waals surface area contributed by atoms with Gasteiger partial charge in [0, 0.05) is 5.02 Å². The number of hydrogen-bond acceptors (Lipinski definition) is 4. The highest BCUT2D eigenvalue weighted by Gasteiger charge is 2.44. The minimum Gasteiger partial charge on any atom is -0.505 e. The normalized spacial score (nSPS) is 12.9. The van der Waals surface area contributed by atoms with Gasteiger partial charge in [0.05, 0.1) is 11.1 Å². The Bertz CT molecular complexity index is 1340. The Hall–Kier alpha value is -2.87. The molecule has 0 aliphatic rings. The van der Waals surface area contributed by atoms with Crippen molar-refractivity contribution in [2.45, 2.75) is 16.5 Å². The predicted molar refractivity (Wildman–Crippen MR) is 134 cm³/mol. The van der Waals surface area contributed by atoms with Gasteiger partial charge in [0.2, 0.25) is 10.0 Å². The third kappa shape index (κ3) is 4.69. The number of rotatable bonds is 7. The molecule has 0 aromatic heterocycles. The van der Waals surface area contributed by atoms with Crippen LogP contribution in [0, 0.1) is 0 Å². The highest BCUT2D eigenvalue weighted by Crippen LogP contribution is 2.43. The molecule has 34 heavy (non-hydrogen) atoms. The van der Waals surface area contributed by atoms with Crippen LogP contribution in [0.5, 0.6) is 5.75 Å². The van der Waals surface area contributed by atoms with Crippen molar-refractivity contribution < 1.29 is 18.6 Å². The topological polar surface area (TPSA) is 86.6 Å². The molecule has 0 amide bonds. The Labute approximate surface area is 208 Å². The van der Waals surface area contributed by atoms with E-state index < -0.39 is 32.3 Å². The van der Waals surface area contributed by atoms with E-state index >= 15 is 0 Å². The molecule has 0 aliphatic heterocycles. The van der Waals surface area contributed by atoms with Crippen molar-refractivity contribution in [2.75, 3.05) is 0 Å². The Morgan fingerprint density at radius 3 is 1.74 bits per heavy atom. The Balaban J connectivity index is 1.95. The molecular weight excluding hydrogens is 493 g/mol. The maximum Gasteiger partial charge on any atom is 0.245 e. The van der Waals surface area contributed by atoms with Crippen LogP contribution in [-0.2, 0) is 15.6 Å². The van der Waals surface area contributed by atoms with Crippen molar-refractivity contribution in [1.82, 2.24) is 4.72 Å². The third-order valence-corrected chi connectivity index (χ3v) is 7.48. The predicted octanol–water partition coefficient (Wildman–Crippen LogP) is 5.65. The fourth-order valence-corrected chi connectivity index (χ4v) is 5.90. The van der Waals surface area contributed by atoms with E-state index in [0.29, 0.717) is 16.7 Å². The first-order valence-corrected chi connectivity index (χ1v) is 12.6. The van der Waals surface area contributed by atoms with Crippen LogP contribution >= 0.6 is 23.2 Å². The molecule has 4 rings (SSSR count). The molecule has 1 atom stereocenters. The van der Waals surface area contributed by atoms with E-state index in [1.54, 1.807) is 78.9 Å². The van der Waals surface area contributed by atoms with E-state index in [2.05, 4.69) is 4.72 Å². The van der Waals surface area contributed by atoms with Crippen LogP contribution in [0.1, 0.15) is 22.7 Å². The number of aliphatic hydroxyl groups is 1. The van der Waals surface area contributed by atoms with Crippen LogP contribution in [0.25, 0.3) is 0 Å². The first kappa shape index (κ1) is 24.3. The number of benzene rings is 4. The van der Waals surface area contributed by atoms with Crippen LogP contribution < -0.4 is 4.72 Å². The van der Waals surface area contributed by atoms with Gasteiger partial charge in [-0.3, -0.25) is 0 Å². The summed E-state index contributed by atoms with van der Waals surface area (Å²) in [6.07, 6.45) is 0. The molecule has 0 aliphatic carbocycles. The van der Waals surface area contributed by atoms with E-state index in [4.69, 9.17) is 23.2 Å². The zero-order valence-corrected chi connectivity index (χ0v) is 20.1. The summed E-state index contributed by atoms with van der Waals surface area (Å²) in [4.78, 5) is -0.491. The van der Waals surface area contributed by atoms with Crippen molar-refractivity contribution >= 4 is 33.2 Å². The number of aromatic hydroxyl groups is 1. The first-order chi connectivity index (χ1) is 16.2. The number of hydrogen-bond donors (Lipinski definition) is 3. The molecule has 3 N–H and O–H groups in total. The standard InChI is InChI=1S/C26H21Cl2NO4S/c27-21-16-22(28)24(30)23(17-21)34(32,33)29-25(18-10-4-1-5-11-18)26(31,19-12-6-2-7-13-19)20-14-8-3-9-15-20/h1-17,25,29-31H/t25-/m0/s1. The summed E-state index contributed by atoms with van der Waals surface area (Å²) >= 11 is 12.0. The molecule has 0 radical (unpaired) electrons. The number of phenolic OH excluding ortho intramolecular Hbond substituents is 1. The second-order valence-electron chi connectivity index (χ2n) is 7.70. The van der Waals surface area contributed by atoms with Crippen molar-refractivity contribution in [3.8, 4) is 5.75 Å². The fraction of sp³-hybridized carbons (Fsp3) is 0.0769. The van der Waals surface area contributed by atoms with Crippen LogP contribution in [0.3, 0.4) is 0 Å². The van der Waals surface area contributed by atoms with Gasteiger partial charge in [-0.1, -0.05) is 114 Å². The summed E-state index contributed by atoms with van der Waals surface area (Å²) < 4.78 is 29.7. The highest BCUT2D eigenvalue weighted by molar-refractivity contribution is 7.89. The minimum absolute atomic E-state index is 0.0424. The Kier molecular flexibility index (Phi) is 6.98. The van der Waals surface area contributed by atoms with Crippen LogP contribution in [-0.4, -0.2) is 18.6 Å². The van der Waals surface area contributed by atoms with Gasteiger partial charge in [-0.2, -0.15) is 4.72 Å². The quantitative estimate of drug-likeness (QED) is 0.297. The molecule has 0 heterocycles. The van der Waals surface area contributed by atoms with Gasteiger partial charge in [0.15, 0.2) is 5.75 Å². The average molecular weight is 514 g/mol. The summed E-state index contributed by atoms with van der Waals surface area (Å²) in [5.41, 5.74) is -0.347. The lowest BCUT2D eigenvalue weighted by molar-refractivity contribution is 0.0449. The third-order valence-electron chi connectivity index (χ3n) is 5.53. The highest BCUT2D eigenvalue weighted by atomic mass is 35.5. The van der Waals surface area contributed by atoms with Gasteiger partial charge in [0.25, 0.3) is 0 Å². The summed E-state index contributed by atoms with van der Waals surface area (Å²) in [6, 6.07) is 27.5. The van der Waals surface area contributed by atoms with E-state index in [9.17, 15) is 18.6 Å². The lowest BCUT2D eigenvalue weighted by atomic mass is 9.78. The van der Waals surface area contributed by atoms with Crippen molar-refractivity contribution in [1.29, 1.82) is 0 Å². The molecule has 4 aromatic rings. The molecule has 0 spiro atoms. The molecule has 4 aromatic carbocycles. The molecule has 0 unspecified atom stereocenters. The SMILES string of the molecule is O=S(=O)(N[C@@H](c1ccccc1)C(O)(c1ccccc1)c1ccccc1)c1cc(Cl)cc(Cl)c1O. The maximum atomic E-state index is 13.6. The monoisotopic (exact) mass is 513 g/mol. The van der Waals surface area contributed by atoms with Crippen LogP contribution in [0.4, 0.5) is 0 Å². The maximum absolute atomic E-state index is 13.6. The summed E-state index contributed by atoms with van der Waals surface area (Å²) in [5, 5.41) is 22.6. The van der Waals surface area contributed by atoms with E-state index in [0.717, 1.165) is 6.07 Å². The van der Waals surface area contributed by atoms with Gasteiger partial charge in [0.1, 0.15) is 10.5 Å². The van der Waals surface area contributed by atoms with Crippen molar-refractivity contribution in [2.24, 2.45) is 0 Å². The second-order valence-corrected chi connectivity index (χ2v) is 10.2. The molecular formula is C26H21Cl2NO4S.